The molecule has 0 unspecified atom stereocenters. The summed E-state index contributed by atoms with van der Waals surface area (Å²) in [5, 5.41) is 4.55. The molecule has 3 aromatic heterocycles. The van der Waals surface area contributed by atoms with Crippen LogP contribution >= 0.6 is 11.6 Å². The van der Waals surface area contributed by atoms with Gasteiger partial charge in [0.1, 0.15) is 10.8 Å². The highest BCUT2D eigenvalue weighted by Gasteiger charge is 2.12. The van der Waals surface area contributed by atoms with Crippen LogP contribution in [-0.2, 0) is 13.6 Å². The molecule has 0 N–H and O–H groups in total. The predicted octanol–water partition coefficient (Wildman–Crippen LogP) is 2.41. The van der Waals surface area contributed by atoms with E-state index >= 15 is 0 Å². The molecule has 3 aromatic rings. The summed E-state index contributed by atoms with van der Waals surface area (Å²) >= 11 is 6.11. The highest BCUT2D eigenvalue weighted by atomic mass is 35.5. The molecule has 0 aliphatic carbocycles. The van der Waals surface area contributed by atoms with Gasteiger partial charge in [0.25, 0.3) is 0 Å². The Kier molecular flexibility index (Phi) is 3.23. The molecule has 0 spiro atoms. The van der Waals surface area contributed by atoms with Crippen molar-refractivity contribution in [2.75, 3.05) is 0 Å². The fourth-order valence-corrected chi connectivity index (χ4v) is 2.18. The minimum atomic E-state index is 0.401. The Labute approximate surface area is 121 Å². The molecule has 0 aromatic carbocycles. The Hall–Kier alpha value is -2.21. The van der Waals surface area contributed by atoms with Crippen LogP contribution in [0.2, 0.25) is 5.15 Å². The van der Waals surface area contributed by atoms with Crippen molar-refractivity contribution in [3.8, 4) is 22.8 Å². The Balaban J connectivity index is 2.12. The van der Waals surface area contributed by atoms with Crippen molar-refractivity contribution in [2.45, 2.75) is 13.5 Å². The Morgan fingerprint density at radius 1 is 1.25 bits per heavy atom. The van der Waals surface area contributed by atoms with E-state index in [1.165, 1.54) is 0 Å². The fourth-order valence-electron chi connectivity index (χ4n) is 1.99. The number of halogens is 1. The number of rotatable bonds is 3. The molecule has 0 aliphatic heterocycles. The average Bonchev–Trinajstić information content (AvgIpc) is 3.06. The number of hydrogen-bond donors (Lipinski definition) is 0. The van der Waals surface area contributed by atoms with Gasteiger partial charge in [-0.1, -0.05) is 11.6 Å². The first-order chi connectivity index (χ1) is 9.67. The van der Waals surface area contributed by atoms with Gasteiger partial charge in [0.05, 0.1) is 24.4 Å². The SMILES string of the molecule is CCn1cncc1-c1nc(Cl)cc(-c2cnn(C)c2)n1. The zero-order valence-corrected chi connectivity index (χ0v) is 11.9. The molecule has 0 amide bonds. The first-order valence-electron chi connectivity index (χ1n) is 6.21. The monoisotopic (exact) mass is 288 g/mol. The van der Waals surface area contributed by atoms with Crippen molar-refractivity contribution in [1.82, 2.24) is 29.3 Å². The van der Waals surface area contributed by atoms with Gasteiger partial charge in [-0.2, -0.15) is 5.10 Å². The van der Waals surface area contributed by atoms with Gasteiger partial charge >= 0.3 is 0 Å². The molecular weight excluding hydrogens is 276 g/mol. The van der Waals surface area contributed by atoms with Crippen LogP contribution in [-0.4, -0.2) is 29.3 Å². The van der Waals surface area contributed by atoms with E-state index in [4.69, 9.17) is 11.6 Å². The maximum Gasteiger partial charge on any atom is 0.179 e. The highest BCUT2D eigenvalue weighted by molar-refractivity contribution is 6.29. The molecule has 7 heteroatoms. The van der Waals surface area contributed by atoms with E-state index < -0.39 is 0 Å². The summed E-state index contributed by atoms with van der Waals surface area (Å²) in [5.41, 5.74) is 2.50. The second kappa shape index (κ2) is 5.05. The largest absolute Gasteiger partial charge is 0.328 e. The highest BCUT2D eigenvalue weighted by Crippen LogP contribution is 2.23. The maximum absolute atomic E-state index is 6.11. The van der Waals surface area contributed by atoms with Crippen LogP contribution in [0.25, 0.3) is 22.8 Å². The van der Waals surface area contributed by atoms with Crippen LogP contribution < -0.4 is 0 Å². The van der Waals surface area contributed by atoms with Gasteiger partial charge in [0.15, 0.2) is 5.82 Å². The average molecular weight is 289 g/mol. The van der Waals surface area contributed by atoms with E-state index in [-0.39, 0.29) is 0 Å². The lowest BCUT2D eigenvalue weighted by Gasteiger charge is -2.06. The first kappa shape index (κ1) is 12.8. The quantitative estimate of drug-likeness (QED) is 0.694. The number of aryl methyl sites for hydroxylation is 2. The Morgan fingerprint density at radius 2 is 2.10 bits per heavy atom. The second-order valence-corrected chi connectivity index (χ2v) is 4.75. The van der Waals surface area contributed by atoms with Gasteiger partial charge < -0.3 is 4.57 Å². The smallest absolute Gasteiger partial charge is 0.179 e. The summed E-state index contributed by atoms with van der Waals surface area (Å²) in [5.74, 6) is 0.565. The fraction of sp³-hybridized carbons (Fsp3) is 0.231. The van der Waals surface area contributed by atoms with Crippen molar-refractivity contribution in [3.63, 3.8) is 0 Å². The van der Waals surface area contributed by atoms with Gasteiger partial charge in [-0.15, -0.1) is 0 Å². The van der Waals surface area contributed by atoms with E-state index in [9.17, 15) is 0 Å². The summed E-state index contributed by atoms with van der Waals surface area (Å²) in [7, 11) is 1.86. The Morgan fingerprint density at radius 3 is 2.80 bits per heavy atom. The lowest BCUT2D eigenvalue weighted by atomic mass is 10.2. The van der Waals surface area contributed by atoms with Crippen LogP contribution in [0, 0.1) is 0 Å². The van der Waals surface area contributed by atoms with Gasteiger partial charge in [-0.05, 0) is 6.92 Å². The van der Waals surface area contributed by atoms with E-state index in [2.05, 4.69) is 20.1 Å². The molecule has 3 rings (SSSR count). The van der Waals surface area contributed by atoms with Crippen molar-refractivity contribution in [1.29, 1.82) is 0 Å². The van der Waals surface area contributed by atoms with E-state index in [1.54, 1.807) is 29.5 Å². The van der Waals surface area contributed by atoms with Gasteiger partial charge in [0.2, 0.25) is 0 Å². The molecule has 0 aliphatic rings. The number of nitrogens with zero attached hydrogens (tertiary/aromatic N) is 6. The van der Waals surface area contributed by atoms with E-state index in [0.717, 1.165) is 23.5 Å². The van der Waals surface area contributed by atoms with Crippen molar-refractivity contribution >= 4 is 11.6 Å². The zero-order chi connectivity index (χ0) is 14.1. The molecule has 0 bridgehead atoms. The molecule has 0 fully saturated rings. The molecular formula is C13H13ClN6. The third-order valence-electron chi connectivity index (χ3n) is 2.98. The molecule has 0 saturated heterocycles. The number of hydrogen-bond acceptors (Lipinski definition) is 4. The molecule has 3 heterocycles. The minimum absolute atomic E-state index is 0.401. The van der Waals surface area contributed by atoms with Gasteiger partial charge in [-0.3, -0.25) is 4.68 Å². The van der Waals surface area contributed by atoms with Crippen LogP contribution in [0.15, 0.2) is 31.0 Å². The van der Waals surface area contributed by atoms with Gasteiger partial charge in [-0.25, -0.2) is 15.0 Å². The molecule has 0 radical (unpaired) electrons. The first-order valence-corrected chi connectivity index (χ1v) is 6.59. The number of aromatic nitrogens is 6. The van der Waals surface area contributed by atoms with Crippen LogP contribution in [0.4, 0.5) is 0 Å². The van der Waals surface area contributed by atoms with E-state index in [0.29, 0.717) is 11.0 Å². The molecule has 6 nitrogen and oxygen atoms in total. The van der Waals surface area contributed by atoms with Crippen molar-refractivity contribution in [2.24, 2.45) is 7.05 Å². The summed E-state index contributed by atoms with van der Waals surface area (Å²) < 4.78 is 3.69. The molecule has 20 heavy (non-hydrogen) atoms. The molecule has 0 saturated carbocycles. The van der Waals surface area contributed by atoms with E-state index in [1.807, 2.05) is 24.7 Å². The predicted molar refractivity (Wildman–Crippen MR) is 76.1 cm³/mol. The second-order valence-electron chi connectivity index (χ2n) is 4.37. The number of imidazole rings is 1. The molecule has 102 valence electrons. The minimum Gasteiger partial charge on any atom is -0.328 e. The third-order valence-corrected chi connectivity index (χ3v) is 3.17. The van der Waals surface area contributed by atoms with Crippen LogP contribution in [0.5, 0.6) is 0 Å². The van der Waals surface area contributed by atoms with Crippen LogP contribution in [0.1, 0.15) is 6.92 Å². The topological polar surface area (TPSA) is 61.4 Å². The maximum atomic E-state index is 6.11. The van der Waals surface area contributed by atoms with Crippen molar-refractivity contribution < 1.29 is 0 Å². The van der Waals surface area contributed by atoms with Gasteiger partial charge in [0, 0.05) is 31.4 Å². The normalized spacial score (nSPS) is 10.9. The standard InChI is InChI=1S/C13H13ClN6/c1-3-20-8-15-6-11(20)13-17-10(4-12(14)18-13)9-5-16-19(2)7-9/h4-8H,3H2,1-2H3. The lowest BCUT2D eigenvalue weighted by molar-refractivity contribution is 0.763. The summed E-state index contributed by atoms with van der Waals surface area (Å²) in [6.45, 7) is 2.84. The Bertz CT molecular complexity index is 745. The lowest BCUT2D eigenvalue weighted by Crippen LogP contribution is -1.99. The summed E-state index contributed by atoms with van der Waals surface area (Å²) in [6.07, 6.45) is 7.13. The zero-order valence-electron chi connectivity index (χ0n) is 11.2. The third kappa shape index (κ3) is 2.30. The van der Waals surface area contributed by atoms with Crippen LogP contribution in [0.3, 0.4) is 0 Å². The van der Waals surface area contributed by atoms with Crippen molar-refractivity contribution in [3.05, 3.63) is 36.1 Å². The summed E-state index contributed by atoms with van der Waals surface area (Å²) in [4.78, 5) is 13.0. The summed E-state index contributed by atoms with van der Waals surface area (Å²) in [6, 6.07) is 1.73. The molecule has 0 atom stereocenters.